The molecule has 8 aromatic carbocycles. The van der Waals surface area contributed by atoms with Gasteiger partial charge in [0, 0.05) is 17.4 Å². The molecule has 0 spiro atoms. The van der Waals surface area contributed by atoms with Crippen molar-refractivity contribution in [2.75, 3.05) is 4.90 Å². The fourth-order valence-electron chi connectivity index (χ4n) is 6.64. The van der Waals surface area contributed by atoms with Crippen LogP contribution in [-0.4, -0.2) is 0 Å². The lowest BCUT2D eigenvalue weighted by atomic mass is 9.85. The second kappa shape index (κ2) is 11.0. The van der Waals surface area contributed by atoms with Gasteiger partial charge in [0.05, 0.1) is 5.69 Å². The van der Waals surface area contributed by atoms with Gasteiger partial charge < -0.3 is 4.90 Å². The van der Waals surface area contributed by atoms with E-state index in [2.05, 4.69) is 103 Å². The molecule has 0 bridgehead atoms. The van der Waals surface area contributed by atoms with Crippen LogP contribution in [-0.2, 0) is 0 Å². The molecule has 0 atom stereocenters. The lowest BCUT2D eigenvalue weighted by Gasteiger charge is -2.26. The van der Waals surface area contributed by atoms with Crippen LogP contribution < -0.4 is 4.90 Å². The lowest BCUT2D eigenvalue weighted by Crippen LogP contribution is -2.10. The summed E-state index contributed by atoms with van der Waals surface area (Å²) in [6, 6.07) is 53.8. The summed E-state index contributed by atoms with van der Waals surface area (Å²) in [5, 5.41) is 7.14. The van der Waals surface area contributed by atoms with Gasteiger partial charge in [0.2, 0.25) is 0 Å². The molecule has 8 aromatic rings. The fraction of sp³-hybridized carbons (Fsp3) is 0. The molecule has 0 aromatic heterocycles. The van der Waals surface area contributed by atoms with Crippen LogP contribution in [0.4, 0.5) is 25.8 Å². The van der Waals surface area contributed by atoms with E-state index in [9.17, 15) is 8.78 Å². The Kier molecular flexibility index (Phi) is 6.57. The summed E-state index contributed by atoms with van der Waals surface area (Å²) in [5.41, 5.74) is 6.68. The smallest absolute Gasteiger partial charge is 0.128 e. The third-order valence-electron chi connectivity index (χ3n) is 8.52. The second-order valence-corrected chi connectivity index (χ2v) is 11.2. The number of halogens is 2. The van der Waals surface area contributed by atoms with E-state index in [0.29, 0.717) is 5.69 Å². The van der Waals surface area contributed by atoms with Crippen molar-refractivity contribution >= 4 is 49.4 Å². The summed E-state index contributed by atoms with van der Waals surface area (Å²) < 4.78 is 28.8. The maximum absolute atomic E-state index is 14.4. The molecule has 0 amide bonds. The van der Waals surface area contributed by atoms with Crippen LogP contribution in [0.15, 0.2) is 164 Å². The van der Waals surface area contributed by atoms with Gasteiger partial charge in [0.1, 0.15) is 11.6 Å². The molecule has 214 valence electrons. The van der Waals surface area contributed by atoms with Crippen molar-refractivity contribution in [3.8, 4) is 22.3 Å². The molecule has 8 rings (SSSR count). The van der Waals surface area contributed by atoms with Gasteiger partial charge in [0.25, 0.3) is 0 Å². The van der Waals surface area contributed by atoms with E-state index in [1.807, 2.05) is 47.4 Å². The highest BCUT2D eigenvalue weighted by Gasteiger charge is 2.19. The van der Waals surface area contributed by atoms with Gasteiger partial charge in [-0.05, 0) is 91.0 Å². The minimum atomic E-state index is -0.619. The molecular formula is C42H27F2N. The largest absolute Gasteiger partial charge is 0.310 e. The zero-order chi connectivity index (χ0) is 30.3. The monoisotopic (exact) mass is 583 g/mol. The van der Waals surface area contributed by atoms with E-state index in [0.717, 1.165) is 28.6 Å². The zero-order valence-corrected chi connectivity index (χ0v) is 24.3. The minimum absolute atomic E-state index is 0.418. The molecule has 1 nitrogen and oxygen atoms in total. The first kappa shape index (κ1) is 26.8. The van der Waals surface area contributed by atoms with Crippen molar-refractivity contribution in [3.05, 3.63) is 175 Å². The summed E-state index contributed by atoms with van der Waals surface area (Å²) in [6.45, 7) is 0. The van der Waals surface area contributed by atoms with Crippen LogP contribution in [0.1, 0.15) is 0 Å². The molecule has 0 saturated heterocycles. The first-order valence-electron chi connectivity index (χ1n) is 15.0. The van der Waals surface area contributed by atoms with Gasteiger partial charge in [0.15, 0.2) is 0 Å². The number of rotatable bonds is 5. The Hall–Kier alpha value is -5.80. The zero-order valence-electron chi connectivity index (χ0n) is 24.3. The van der Waals surface area contributed by atoms with Crippen molar-refractivity contribution in [2.45, 2.75) is 0 Å². The van der Waals surface area contributed by atoms with Gasteiger partial charge in [-0.15, -0.1) is 0 Å². The van der Waals surface area contributed by atoms with E-state index in [1.165, 1.54) is 55.6 Å². The summed E-state index contributed by atoms with van der Waals surface area (Å²) in [6.07, 6.45) is 0. The van der Waals surface area contributed by atoms with Crippen LogP contribution >= 0.6 is 0 Å². The summed E-state index contributed by atoms with van der Waals surface area (Å²) in [4.78, 5) is 1.87. The highest BCUT2D eigenvalue weighted by atomic mass is 19.1. The van der Waals surface area contributed by atoms with E-state index in [1.54, 1.807) is 0 Å². The van der Waals surface area contributed by atoms with Gasteiger partial charge >= 0.3 is 0 Å². The number of benzene rings is 8. The number of hydrogen-bond donors (Lipinski definition) is 0. The van der Waals surface area contributed by atoms with Crippen LogP contribution in [0.3, 0.4) is 0 Å². The van der Waals surface area contributed by atoms with Crippen molar-refractivity contribution in [3.63, 3.8) is 0 Å². The number of nitrogens with zero attached hydrogens (tertiary/aromatic N) is 1. The lowest BCUT2D eigenvalue weighted by molar-refractivity contribution is 0.584. The van der Waals surface area contributed by atoms with Gasteiger partial charge in [-0.3, -0.25) is 0 Å². The predicted octanol–water partition coefficient (Wildman–Crippen LogP) is 12.2. The molecule has 0 heterocycles. The molecule has 0 fully saturated rings. The highest BCUT2D eigenvalue weighted by molar-refractivity contribution is 6.23. The van der Waals surface area contributed by atoms with E-state index in [-0.39, 0.29) is 0 Å². The predicted molar refractivity (Wildman–Crippen MR) is 184 cm³/mol. The Morgan fingerprint density at radius 3 is 1.47 bits per heavy atom. The maximum atomic E-state index is 14.4. The molecule has 0 aliphatic rings. The summed E-state index contributed by atoms with van der Waals surface area (Å²) in [7, 11) is 0. The molecule has 0 unspecified atom stereocenters. The first-order chi connectivity index (χ1) is 22.2. The van der Waals surface area contributed by atoms with Gasteiger partial charge in [-0.25, -0.2) is 8.78 Å². The molecule has 0 saturated carbocycles. The second-order valence-electron chi connectivity index (χ2n) is 11.2. The Bertz CT molecular complexity index is 2260. The third-order valence-corrected chi connectivity index (χ3v) is 8.52. The van der Waals surface area contributed by atoms with Crippen LogP contribution in [0.5, 0.6) is 0 Å². The quantitative estimate of drug-likeness (QED) is 0.182. The molecular weight excluding hydrogens is 556 g/mol. The van der Waals surface area contributed by atoms with Crippen molar-refractivity contribution in [2.24, 2.45) is 0 Å². The Morgan fingerprint density at radius 2 is 0.844 bits per heavy atom. The van der Waals surface area contributed by atoms with Crippen molar-refractivity contribution in [1.82, 2.24) is 0 Å². The van der Waals surface area contributed by atoms with E-state index < -0.39 is 11.6 Å². The molecule has 0 N–H and O–H groups in total. The normalized spacial score (nSPS) is 11.3. The standard InChI is InChI=1S/C42H27F2N/c43-30-25-31(44)27-34(26-30)45(32-13-2-1-3-14-32)33-23-21-29(22-24-33)41-37-16-6-8-18-39(37)42(40-19-9-7-17-38(40)41)36-20-10-12-28-11-4-5-15-35(28)36/h1-27H. The Balaban J connectivity index is 1.34. The fourth-order valence-corrected chi connectivity index (χ4v) is 6.64. The number of hydrogen-bond acceptors (Lipinski definition) is 1. The molecule has 3 heteroatoms. The molecule has 0 aliphatic heterocycles. The molecule has 0 aliphatic carbocycles. The van der Waals surface area contributed by atoms with Gasteiger partial charge in [-0.1, -0.05) is 121 Å². The summed E-state index contributed by atoms with van der Waals surface area (Å²) in [5.74, 6) is -1.24. The van der Waals surface area contributed by atoms with Crippen LogP contribution in [0.2, 0.25) is 0 Å². The SMILES string of the molecule is Fc1cc(F)cc(N(c2ccccc2)c2ccc(-c3c4ccccc4c(-c4cccc5ccccc45)c4ccccc34)cc2)c1. The van der Waals surface area contributed by atoms with Crippen LogP contribution in [0.25, 0.3) is 54.6 Å². The molecule has 0 radical (unpaired) electrons. The third kappa shape index (κ3) is 4.70. The maximum Gasteiger partial charge on any atom is 0.128 e. The Labute approximate surface area is 260 Å². The first-order valence-corrected chi connectivity index (χ1v) is 15.0. The summed E-state index contributed by atoms with van der Waals surface area (Å²) >= 11 is 0. The Morgan fingerprint density at radius 1 is 0.356 bits per heavy atom. The average molecular weight is 584 g/mol. The highest BCUT2D eigenvalue weighted by Crippen LogP contribution is 2.46. The van der Waals surface area contributed by atoms with E-state index >= 15 is 0 Å². The van der Waals surface area contributed by atoms with Crippen molar-refractivity contribution < 1.29 is 8.78 Å². The van der Waals surface area contributed by atoms with E-state index in [4.69, 9.17) is 0 Å². The topological polar surface area (TPSA) is 3.24 Å². The van der Waals surface area contributed by atoms with Crippen molar-refractivity contribution in [1.29, 1.82) is 0 Å². The number of anilines is 3. The van der Waals surface area contributed by atoms with Crippen LogP contribution in [0, 0.1) is 11.6 Å². The average Bonchev–Trinajstić information content (AvgIpc) is 3.08. The number of para-hydroxylation sites is 1. The molecule has 45 heavy (non-hydrogen) atoms. The minimum Gasteiger partial charge on any atom is -0.310 e. The van der Waals surface area contributed by atoms with Gasteiger partial charge in [-0.2, -0.15) is 0 Å². The number of fused-ring (bicyclic) bond motifs is 3.